The predicted octanol–water partition coefficient (Wildman–Crippen LogP) is 8.04. The van der Waals surface area contributed by atoms with Crippen LogP contribution in [-0.4, -0.2) is 312 Å². The second-order valence-corrected chi connectivity index (χ2v) is 54.1. The molecule has 0 unspecified atom stereocenters. The highest BCUT2D eigenvalue weighted by Gasteiger charge is 2.58. The number of urea groups is 3. The van der Waals surface area contributed by atoms with Gasteiger partial charge < -0.3 is 78.5 Å². The summed E-state index contributed by atoms with van der Waals surface area (Å²) in [7, 11) is -8.14. The Balaban J connectivity index is 0.000000337. The molecule has 0 aromatic carbocycles. The molecule has 1 aromatic rings. The summed E-state index contributed by atoms with van der Waals surface area (Å²) < 4.78 is 159. The van der Waals surface area contributed by atoms with E-state index >= 15 is 0 Å². The van der Waals surface area contributed by atoms with Gasteiger partial charge in [-0.25, -0.2) is 70.3 Å². The minimum absolute atomic E-state index is 0.0221. The van der Waals surface area contributed by atoms with E-state index in [-0.39, 0.29) is 97.8 Å². The number of alkyl halides is 6. The summed E-state index contributed by atoms with van der Waals surface area (Å²) in [4.78, 5) is 205. The Bertz CT molecular complexity index is 5210. The van der Waals surface area contributed by atoms with Crippen LogP contribution in [0.2, 0.25) is 0 Å². The maximum atomic E-state index is 14.4. The van der Waals surface area contributed by atoms with Gasteiger partial charge in [-0.05, 0) is 146 Å². The van der Waals surface area contributed by atoms with Gasteiger partial charge in [-0.2, -0.15) is 4.31 Å². The first kappa shape index (κ1) is 126. The highest BCUT2D eigenvalue weighted by Crippen LogP contribution is 2.47. The smallest absolute Gasteiger partial charge is 0.315 e. The molecule has 3 saturated heterocycles. The minimum atomic E-state index is -3.82. The highest BCUT2D eigenvalue weighted by molar-refractivity contribution is 7.92. The third-order valence-electron chi connectivity index (χ3n) is 28.4. The Labute approximate surface area is 866 Å². The van der Waals surface area contributed by atoms with E-state index in [0.717, 1.165) is 79.7 Å². The Kier molecular flexibility index (Phi) is 44.9. The number of nitrogens with one attached hydrogen (secondary N) is 12. The minimum Gasteiger partial charge on any atom is -0.346 e. The van der Waals surface area contributed by atoms with Crippen LogP contribution in [0.15, 0.2) is 59.7 Å². The lowest BCUT2D eigenvalue weighted by Gasteiger charge is -2.41. The number of fused-ring (bicyclic) bond motifs is 3. The standard InChI is InChI=1S/C34H52F2N6O7S2.C34H55F2N5O7S.C31H52F2N6O7S/c1-9-15-37-30(45)27(43)22(17-24(35)36)38-29(44)26-21-13-10-12-20(21)18-42(26)31(46)28(34(5,6)7)40-32(47)39-23(33(2,3)4)19-41(8)51(48,49)25-14-11-16-50-25;1-8-17-37-29(44)26(42)23(18-24(35)36)38-28(43)25-22-14-12-13-21(22)19-41(25)30(45)27(32(2,3)4)39-31(46)40-34(15-10-9-11-16-34)20-49(47,48)33(5,6)7;1-10-14-34-27(42)24(40)20(15-22(32)33)35-26(41)23-19-13-11-12-18(19)16-39(23)28(43)25(31(5,6)7)37-29(44)36-21(30(2,3)4)17-38(8)47(9,45)46/h9,11,14,16,20-24,26,28H,1,10,12-13,15,17-19H2,2-8H3,(H,37,45)(H,38,44)(H2,39,40,47);8,21-25,27H,1,9-20H2,2-7H3,(H,37,44)(H,38,43)(H2,39,40,46);10,18-23,25H,1,11-17H2,2-9H3,(H,34,42)(H,35,41)(H2,36,37,44)/t20-,21-,22-,23+,26-,28+;21-,22-,23-,25-,27+;18-,19-,20-,21+,23-,25+/m000/s1. The van der Waals surface area contributed by atoms with Crippen LogP contribution in [0, 0.1) is 62.6 Å². The van der Waals surface area contributed by atoms with Crippen LogP contribution >= 0.6 is 11.3 Å². The molecular weight excluding hydrogens is 2010 g/mol. The molecule has 48 heteroatoms. The number of hydrogen-bond acceptors (Lipinski definition) is 22. The molecule has 4 heterocycles. The molecule has 7 aliphatic rings. The fraction of sp³-hybridized carbons (Fsp3) is 0.747. The molecule has 0 radical (unpaired) electrons. The van der Waals surface area contributed by atoms with Crippen molar-refractivity contribution in [2.75, 3.05) is 78.5 Å². The molecule has 12 N–H and O–H groups in total. The number of Topliss-reactive ketones (excluding diaryl/α,β-unsaturated/α-hetero) is 3. The number of carbonyl (C=O) groups excluding carboxylic acids is 15. The van der Waals surface area contributed by atoms with E-state index in [2.05, 4.69) is 83.5 Å². The monoisotopic (exact) mass is 2160 g/mol. The van der Waals surface area contributed by atoms with Crippen molar-refractivity contribution in [1.29, 1.82) is 0 Å². The van der Waals surface area contributed by atoms with Crippen LogP contribution in [-0.2, 0) is 87.4 Å². The molecule has 4 aliphatic carbocycles. The number of carbonyl (C=O) groups is 15. The van der Waals surface area contributed by atoms with Crippen LogP contribution in [0.3, 0.4) is 0 Å². The van der Waals surface area contributed by atoms with Gasteiger partial charge in [0.25, 0.3) is 27.7 Å². The molecule has 38 nitrogen and oxygen atoms in total. The van der Waals surface area contributed by atoms with Gasteiger partial charge in [0.05, 0.1) is 22.3 Å². The molecular formula is C99H159F6N17O21S4. The van der Waals surface area contributed by atoms with Crippen LogP contribution in [0.1, 0.15) is 234 Å². The summed E-state index contributed by atoms with van der Waals surface area (Å²) in [5.74, 6) is -12.6. The molecule has 3 aliphatic heterocycles. The number of amides is 15. The van der Waals surface area contributed by atoms with Crippen LogP contribution in [0.5, 0.6) is 0 Å². The second kappa shape index (κ2) is 52.4. The van der Waals surface area contributed by atoms with E-state index in [1.165, 1.54) is 57.4 Å². The zero-order valence-electron chi connectivity index (χ0n) is 88.7. The third kappa shape index (κ3) is 34.9. The number of sulfonamides is 2. The molecule has 1 aromatic heterocycles. The number of likely N-dealkylation sites (N-methyl/N-ethyl adjacent to an activating group) is 2. The number of hydrogen-bond donors (Lipinski definition) is 12. The van der Waals surface area contributed by atoms with Gasteiger partial charge in [-0.3, -0.25) is 57.5 Å². The van der Waals surface area contributed by atoms with Crippen molar-refractivity contribution in [3.05, 3.63) is 55.5 Å². The highest BCUT2D eigenvalue weighted by atomic mass is 32.2. The van der Waals surface area contributed by atoms with Gasteiger partial charge >= 0.3 is 18.1 Å². The van der Waals surface area contributed by atoms with Crippen molar-refractivity contribution >= 4 is 130 Å². The molecule has 8 rings (SSSR count). The van der Waals surface area contributed by atoms with Crippen molar-refractivity contribution in [3.8, 4) is 0 Å². The summed E-state index contributed by atoms with van der Waals surface area (Å²) in [6.45, 7) is 42.1. The number of rotatable bonds is 42. The van der Waals surface area contributed by atoms with E-state index in [1.807, 2.05) is 41.5 Å². The fourth-order valence-electron chi connectivity index (χ4n) is 19.8. The molecule has 0 spiro atoms. The molecule has 4 saturated carbocycles. The van der Waals surface area contributed by atoms with Gasteiger partial charge in [0, 0.05) is 97.8 Å². The average Bonchev–Trinajstić information content (AvgIpc) is 1.62. The fourth-order valence-corrected chi connectivity index (χ4v) is 24.2. The summed E-state index contributed by atoms with van der Waals surface area (Å²) in [5, 5.41) is 32.3. The predicted molar refractivity (Wildman–Crippen MR) is 543 cm³/mol. The number of halogens is 6. The van der Waals surface area contributed by atoms with Crippen molar-refractivity contribution in [3.63, 3.8) is 0 Å². The van der Waals surface area contributed by atoms with Crippen LogP contribution < -0.4 is 63.8 Å². The molecule has 17 atom stereocenters. The number of likely N-dealkylation sites (tertiary alicyclic amines) is 3. The van der Waals surface area contributed by atoms with Gasteiger partial charge in [0.2, 0.25) is 82.1 Å². The van der Waals surface area contributed by atoms with E-state index in [4.69, 9.17) is 0 Å². The van der Waals surface area contributed by atoms with Crippen LogP contribution in [0.4, 0.5) is 40.7 Å². The third-order valence-corrected chi connectivity index (χ3v) is 35.7. The summed E-state index contributed by atoms with van der Waals surface area (Å²) in [6, 6.07) is -12.6. The first-order valence-electron chi connectivity index (χ1n) is 50.0. The van der Waals surface area contributed by atoms with Crippen molar-refractivity contribution < 1.29 is 124 Å². The Morgan fingerprint density at radius 1 is 0.429 bits per heavy atom. The van der Waals surface area contributed by atoms with Gasteiger partial charge in [0.1, 0.15) is 58.6 Å². The Hall–Kier alpha value is -9.68. The Morgan fingerprint density at radius 2 is 0.735 bits per heavy atom. The SMILES string of the molecule is C=CCNC(=O)C(=O)[C@H](CC(F)F)NC(=O)[C@@H]1[C@H]2CCC[C@H]2CN1C(=O)[C@@H](NC(=O)NC1(CS(=O)(=O)C(C)(C)C)CCCCC1)C(C)(C)C.C=CCNC(=O)C(=O)[C@H](CC(F)F)NC(=O)[C@@H]1[C@H]2CCC[C@H]2CN1C(=O)[C@@H](NC(=O)N[C@H](CN(C)S(=O)(=O)c1cccs1)C(C)(C)C)C(C)(C)C.C=CCNC(=O)C(=O)[C@H](CC(F)F)NC(=O)[C@@H]1[C@H]2CCC[C@H]2CN1C(=O)[C@@H](NC(=O)N[C@H](CN(C)S(C)(=O)=O)C(C)(C)C)C(C)(C)C. The maximum absolute atomic E-state index is 14.4. The first-order valence-corrected chi connectivity index (χ1v) is 55.8. The number of sulfone groups is 1. The Morgan fingerprint density at radius 3 is 1.00 bits per heavy atom. The van der Waals surface area contributed by atoms with E-state index in [9.17, 15) is 124 Å². The lowest BCUT2D eigenvalue weighted by molar-refractivity contribution is -0.145. The first-order chi connectivity index (χ1) is 67.7. The molecule has 832 valence electrons. The lowest BCUT2D eigenvalue weighted by atomic mass is 9.83. The van der Waals surface area contributed by atoms with Gasteiger partial charge in [0.15, 0.2) is 9.84 Å². The van der Waals surface area contributed by atoms with Crippen LogP contribution in [0.25, 0.3) is 0 Å². The zero-order valence-corrected chi connectivity index (χ0v) is 92.0. The molecule has 0 bridgehead atoms. The second-order valence-electron chi connectivity index (χ2n) is 46.1. The van der Waals surface area contributed by atoms with Crippen molar-refractivity contribution in [2.24, 2.45) is 62.6 Å². The quantitative estimate of drug-likeness (QED) is 0.0167. The van der Waals surface area contributed by atoms with E-state index in [1.54, 1.807) is 94.5 Å². The largest absolute Gasteiger partial charge is 0.346 e. The summed E-state index contributed by atoms with van der Waals surface area (Å²) >= 11 is 1.08. The van der Waals surface area contributed by atoms with E-state index in [0.29, 0.717) is 32.1 Å². The molecule has 7 fully saturated rings. The number of ketones is 3. The zero-order chi connectivity index (χ0) is 111. The number of nitrogens with zero attached hydrogens (tertiary/aromatic N) is 5. The van der Waals surface area contributed by atoms with Crippen molar-refractivity contribution in [2.45, 2.75) is 334 Å². The number of thiophene rings is 1. The summed E-state index contributed by atoms with van der Waals surface area (Å²) in [5.41, 5.74) is -4.78. The average molecular weight is 2170 g/mol. The molecule has 15 amide bonds. The normalized spacial score (nSPS) is 22.2. The maximum Gasteiger partial charge on any atom is 0.315 e. The van der Waals surface area contributed by atoms with Gasteiger partial charge in [-0.1, -0.05) is 167 Å². The lowest BCUT2D eigenvalue weighted by Crippen LogP contribution is -2.64. The molecule has 147 heavy (non-hydrogen) atoms. The van der Waals surface area contributed by atoms with Gasteiger partial charge in [-0.15, -0.1) is 31.1 Å². The van der Waals surface area contributed by atoms with E-state index < -0.39 is 261 Å². The summed E-state index contributed by atoms with van der Waals surface area (Å²) in [6.07, 6.45) is 2.40. The topological polar surface area (TPSA) is 519 Å². The van der Waals surface area contributed by atoms with Crippen molar-refractivity contribution in [1.82, 2.24) is 87.1 Å².